The van der Waals surface area contributed by atoms with Crippen LogP contribution in [-0.4, -0.2) is 8.80 Å². The van der Waals surface area contributed by atoms with Crippen LogP contribution >= 0.6 is 0 Å². The molecule has 11 aromatic carbocycles. The second-order valence-electron chi connectivity index (χ2n) is 38.1. The van der Waals surface area contributed by atoms with Gasteiger partial charge in [0.1, 0.15) is 0 Å². The van der Waals surface area contributed by atoms with Crippen LogP contribution in [0.2, 0.25) is 0 Å². The maximum Gasteiger partial charge on any atom is 0.0634 e. The van der Waals surface area contributed by atoms with Gasteiger partial charge in [0.2, 0.25) is 0 Å². The Morgan fingerprint density at radius 2 is 0.402 bits per heavy atom. The van der Waals surface area contributed by atoms with Gasteiger partial charge in [0.15, 0.2) is 0 Å². The molecule has 0 aliphatic rings. The minimum absolute atomic E-state index is 0.0127. The van der Waals surface area contributed by atoms with Crippen molar-refractivity contribution in [1.82, 2.24) is 8.80 Å². The number of rotatable bonds is 8. The Labute approximate surface area is 607 Å². The molecule has 0 fully saturated rings. The molecule has 0 saturated carbocycles. The van der Waals surface area contributed by atoms with Crippen molar-refractivity contribution in [2.24, 2.45) is 0 Å². The number of hydrogen-bond donors (Lipinski definition) is 0. The fraction of sp³-hybridized carbons (Fsp3) is 0.327. The second-order valence-corrected chi connectivity index (χ2v) is 38.1. The van der Waals surface area contributed by atoms with Crippen molar-refractivity contribution in [2.75, 3.05) is 9.80 Å². The SMILES string of the molecule is CC(C)(C)c1ccc(N(c2ccc(-c3c4c5cc(C(C)(C)C)cc6c7cc(C(C)(C)C)ccc7n(c4c(-c4ccc(N(c7ccc(C(C)(C)C)cc7)c7ccc(C(C)(C)C)cc7)cc4)c4c7cc(C(C)(C)C)cc8c9cc(C(C)(C)C)ccc9n(c34)c87)c65)cc2)c2ccc(C(C)(C)C)cc2)cc1. The highest BCUT2D eigenvalue weighted by Crippen LogP contribution is 2.57. The molecule has 0 radical (unpaired) electrons. The molecule has 0 spiro atoms. The third-order valence-electron chi connectivity index (χ3n) is 22.4. The van der Waals surface area contributed by atoms with E-state index in [2.05, 4.69) is 391 Å². The summed E-state index contributed by atoms with van der Waals surface area (Å²) in [5.41, 5.74) is 29.2. The van der Waals surface area contributed by atoms with Crippen LogP contribution in [0, 0.1) is 0 Å². The predicted octanol–water partition coefficient (Wildman–Crippen LogP) is 28.6. The Morgan fingerprint density at radius 1 is 0.196 bits per heavy atom. The fourth-order valence-electron chi connectivity index (χ4n) is 16.1. The maximum atomic E-state index is 2.71. The van der Waals surface area contributed by atoms with Crippen LogP contribution in [-0.2, 0) is 43.3 Å². The van der Waals surface area contributed by atoms with E-state index in [-0.39, 0.29) is 43.3 Å². The van der Waals surface area contributed by atoms with Gasteiger partial charge in [-0.15, -0.1) is 0 Å². The minimum Gasteiger partial charge on any atom is -0.311 e. The number of nitrogens with zero attached hydrogens (tertiary/aromatic N) is 4. The molecular weight excluding hydrogens is 1230 g/mol. The summed E-state index contributed by atoms with van der Waals surface area (Å²) in [4.78, 5) is 4.90. The van der Waals surface area contributed by atoms with E-state index in [1.807, 2.05) is 0 Å². The summed E-state index contributed by atoms with van der Waals surface area (Å²) < 4.78 is 5.43. The molecule has 0 saturated heterocycles. The lowest BCUT2D eigenvalue weighted by atomic mass is 9.82. The van der Waals surface area contributed by atoms with E-state index in [1.54, 1.807) is 0 Å². The van der Waals surface area contributed by atoms with Crippen LogP contribution in [0.15, 0.2) is 206 Å². The zero-order chi connectivity index (χ0) is 72.8. The first kappa shape index (κ1) is 68.4. The van der Waals surface area contributed by atoms with Crippen molar-refractivity contribution in [3.05, 3.63) is 251 Å². The average Bonchev–Trinajstić information content (AvgIpc) is 1.49. The van der Waals surface area contributed by atoms with Crippen LogP contribution in [0.3, 0.4) is 0 Å². The molecule has 4 nitrogen and oxygen atoms in total. The van der Waals surface area contributed by atoms with E-state index in [9.17, 15) is 0 Å². The first-order chi connectivity index (χ1) is 47.6. The summed E-state index contributed by atoms with van der Waals surface area (Å²) >= 11 is 0. The molecule has 0 amide bonds. The molecule has 0 atom stereocenters. The van der Waals surface area contributed by atoms with Crippen LogP contribution in [0.25, 0.3) is 98.4 Å². The molecule has 0 aliphatic carbocycles. The molecule has 15 rings (SSSR count). The van der Waals surface area contributed by atoms with Crippen molar-refractivity contribution >= 4 is 110 Å². The zero-order valence-electron chi connectivity index (χ0n) is 65.4. The van der Waals surface area contributed by atoms with Crippen molar-refractivity contribution < 1.29 is 0 Å². The number of hydrogen-bond acceptors (Lipinski definition) is 2. The first-order valence-electron chi connectivity index (χ1n) is 37.4. The maximum absolute atomic E-state index is 2.71. The average molecular weight is 1340 g/mol. The zero-order valence-corrected chi connectivity index (χ0v) is 65.4. The highest BCUT2D eigenvalue weighted by molar-refractivity contribution is 6.38. The van der Waals surface area contributed by atoms with Gasteiger partial charge < -0.3 is 18.6 Å². The van der Waals surface area contributed by atoms with Gasteiger partial charge in [-0.2, -0.15) is 0 Å². The van der Waals surface area contributed by atoms with E-state index in [0.717, 1.165) is 34.1 Å². The highest BCUT2D eigenvalue weighted by Gasteiger charge is 2.35. The van der Waals surface area contributed by atoms with Crippen LogP contribution in [0.4, 0.5) is 34.1 Å². The molecule has 102 heavy (non-hydrogen) atoms. The summed E-state index contributed by atoms with van der Waals surface area (Å²) in [6, 6.07) is 81.5. The first-order valence-corrected chi connectivity index (χ1v) is 37.4. The van der Waals surface area contributed by atoms with E-state index >= 15 is 0 Å². The topological polar surface area (TPSA) is 15.3 Å². The fourth-order valence-corrected chi connectivity index (χ4v) is 16.1. The molecule has 0 unspecified atom stereocenters. The lowest BCUT2D eigenvalue weighted by Crippen LogP contribution is -2.14. The van der Waals surface area contributed by atoms with E-state index in [4.69, 9.17) is 0 Å². The summed E-state index contributed by atoms with van der Waals surface area (Å²) in [7, 11) is 0. The molecule has 4 heterocycles. The van der Waals surface area contributed by atoms with Crippen LogP contribution in [0.5, 0.6) is 0 Å². The van der Waals surface area contributed by atoms with Gasteiger partial charge in [0.25, 0.3) is 0 Å². The molecule has 0 aliphatic heterocycles. The molecule has 0 bridgehead atoms. The molecule has 518 valence electrons. The quantitative estimate of drug-likeness (QED) is 0.151. The third kappa shape index (κ3) is 11.4. The van der Waals surface area contributed by atoms with E-state index < -0.39 is 0 Å². The van der Waals surface area contributed by atoms with Crippen LogP contribution in [0.1, 0.15) is 211 Å². The summed E-state index contributed by atoms with van der Waals surface area (Å²) in [6.07, 6.45) is 0. The van der Waals surface area contributed by atoms with Crippen molar-refractivity contribution in [2.45, 2.75) is 209 Å². The monoisotopic (exact) mass is 1340 g/mol. The smallest absolute Gasteiger partial charge is 0.0634 e. The molecule has 15 aromatic rings. The van der Waals surface area contributed by atoms with Gasteiger partial charge in [-0.05, 0) is 220 Å². The lowest BCUT2D eigenvalue weighted by molar-refractivity contribution is 0.590. The van der Waals surface area contributed by atoms with Crippen molar-refractivity contribution in [3.63, 3.8) is 0 Å². The van der Waals surface area contributed by atoms with Crippen molar-refractivity contribution in [1.29, 1.82) is 0 Å². The van der Waals surface area contributed by atoms with Gasteiger partial charge >= 0.3 is 0 Å². The molecular formula is C98H106N4. The lowest BCUT2D eigenvalue weighted by Gasteiger charge is -2.28. The number of fused-ring (bicyclic) bond motifs is 12. The third-order valence-corrected chi connectivity index (χ3v) is 22.4. The Hall–Kier alpha value is -9.38. The Morgan fingerprint density at radius 3 is 0.637 bits per heavy atom. The van der Waals surface area contributed by atoms with Gasteiger partial charge in [0, 0.05) is 88.3 Å². The Bertz CT molecular complexity index is 5260. The van der Waals surface area contributed by atoms with Gasteiger partial charge in [-0.3, -0.25) is 0 Å². The standard InChI is InChI=1S/C98H106N4/c1-91(2,3)61-29-43-71(44-30-61)99(72-45-31-62(32-46-72)92(4,5)6)69-39-25-59(26-40-69)83-85-79-57-67(97(19,20)21)55-77-76-54-66(96(16,17)18)38-52-82(76)102(87(77)79)90(85)84(86-80-58-68(98(22,23)24)56-78-75-53-65(95(13,14)15)37-51-81(75)101(88(78)80)89(83)86)60-27-41-70(42-28-60)100(73-47-33-63(34-48-73)93(7,8)9)74-49-35-64(36-50-74)94(10,11)12/h25-58H,1-24H3. The van der Waals surface area contributed by atoms with Crippen LogP contribution < -0.4 is 9.80 Å². The number of anilines is 6. The molecule has 4 heteroatoms. The van der Waals surface area contributed by atoms with Gasteiger partial charge in [0.05, 0.1) is 33.1 Å². The van der Waals surface area contributed by atoms with Gasteiger partial charge in [-0.1, -0.05) is 251 Å². The number of benzene rings is 11. The normalized spacial score (nSPS) is 13.5. The Kier molecular flexibility index (Phi) is 15.5. The largest absolute Gasteiger partial charge is 0.311 e. The molecule has 0 N–H and O–H groups in total. The second kappa shape index (κ2) is 23.1. The predicted molar refractivity (Wildman–Crippen MR) is 446 cm³/mol. The van der Waals surface area contributed by atoms with Crippen molar-refractivity contribution in [3.8, 4) is 22.3 Å². The minimum atomic E-state index is -0.167. The number of aromatic nitrogens is 2. The van der Waals surface area contributed by atoms with E-state index in [1.165, 1.54) is 143 Å². The summed E-state index contributed by atoms with van der Waals surface area (Å²) in [5, 5.41) is 10.3. The molecule has 4 aromatic heterocycles. The van der Waals surface area contributed by atoms with E-state index in [0.29, 0.717) is 0 Å². The van der Waals surface area contributed by atoms with Gasteiger partial charge in [-0.25, -0.2) is 0 Å². The summed E-state index contributed by atoms with van der Waals surface area (Å²) in [5.74, 6) is 0. The Balaban J connectivity index is 1.11. The highest BCUT2D eigenvalue weighted by atomic mass is 15.1. The summed E-state index contributed by atoms with van der Waals surface area (Å²) in [6.45, 7) is 56.1.